The summed E-state index contributed by atoms with van der Waals surface area (Å²) in [5.74, 6) is 0.120. The lowest BCUT2D eigenvalue weighted by Crippen LogP contribution is -2.56. The monoisotopic (exact) mass is 256 g/mol. The number of nitrogens with zero attached hydrogens (tertiary/aromatic N) is 2. The number of hydrogen-bond acceptors (Lipinski definition) is 4. The van der Waals surface area contributed by atoms with E-state index in [1.807, 2.05) is 27.7 Å². The van der Waals surface area contributed by atoms with Gasteiger partial charge in [0.2, 0.25) is 5.91 Å². The molecule has 1 rings (SSSR count). The molecular formula is C13H28N4O. The molecule has 1 heterocycles. The van der Waals surface area contributed by atoms with Crippen molar-refractivity contribution >= 4 is 5.91 Å². The molecule has 0 aromatic carbocycles. The fourth-order valence-electron chi connectivity index (χ4n) is 2.20. The van der Waals surface area contributed by atoms with Gasteiger partial charge in [0.25, 0.3) is 0 Å². The first-order valence-corrected chi connectivity index (χ1v) is 6.82. The largest absolute Gasteiger partial charge is 0.350 e. The van der Waals surface area contributed by atoms with Crippen LogP contribution in [0.25, 0.3) is 0 Å². The second-order valence-corrected chi connectivity index (χ2v) is 6.08. The molecule has 0 aromatic rings. The van der Waals surface area contributed by atoms with Crippen molar-refractivity contribution in [3.05, 3.63) is 0 Å². The molecule has 1 aliphatic heterocycles. The highest BCUT2D eigenvalue weighted by Gasteiger charge is 2.27. The molecule has 3 N–H and O–H groups in total. The quantitative estimate of drug-likeness (QED) is 0.735. The minimum atomic E-state index is -0.160. The maximum Gasteiger partial charge on any atom is 0.237 e. The molecule has 1 saturated heterocycles. The van der Waals surface area contributed by atoms with Crippen molar-refractivity contribution in [2.24, 2.45) is 5.73 Å². The first kappa shape index (κ1) is 15.4. The summed E-state index contributed by atoms with van der Waals surface area (Å²) in [4.78, 5) is 16.7. The van der Waals surface area contributed by atoms with Crippen molar-refractivity contribution in [3.63, 3.8) is 0 Å². The predicted molar refractivity (Wildman–Crippen MR) is 74.4 cm³/mol. The van der Waals surface area contributed by atoms with Crippen LogP contribution in [0.4, 0.5) is 0 Å². The third-order valence-corrected chi connectivity index (χ3v) is 3.28. The van der Waals surface area contributed by atoms with E-state index in [1.54, 1.807) is 0 Å². The number of nitrogens with two attached hydrogens (primary N) is 1. The van der Waals surface area contributed by atoms with Gasteiger partial charge in [0.15, 0.2) is 0 Å². The minimum absolute atomic E-state index is 0.0516. The van der Waals surface area contributed by atoms with Gasteiger partial charge < -0.3 is 11.1 Å². The first-order valence-electron chi connectivity index (χ1n) is 6.82. The Morgan fingerprint density at radius 3 is 2.28 bits per heavy atom. The molecule has 0 bridgehead atoms. The molecule has 106 valence electrons. The van der Waals surface area contributed by atoms with Crippen LogP contribution >= 0.6 is 0 Å². The highest BCUT2D eigenvalue weighted by atomic mass is 16.2. The van der Waals surface area contributed by atoms with Crippen LogP contribution in [0.2, 0.25) is 0 Å². The van der Waals surface area contributed by atoms with Crippen molar-refractivity contribution in [1.29, 1.82) is 0 Å². The zero-order chi connectivity index (χ0) is 13.8. The Morgan fingerprint density at radius 2 is 1.83 bits per heavy atom. The number of piperazine rings is 1. The van der Waals surface area contributed by atoms with Gasteiger partial charge in [0, 0.05) is 44.8 Å². The second kappa shape index (κ2) is 6.50. The molecule has 18 heavy (non-hydrogen) atoms. The Hall–Kier alpha value is -0.650. The Morgan fingerprint density at radius 1 is 1.28 bits per heavy atom. The molecule has 0 spiro atoms. The van der Waals surface area contributed by atoms with Crippen LogP contribution in [-0.4, -0.2) is 66.6 Å². The maximum absolute atomic E-state index is 12.1. The van der Waals surface area contributed by atoms with Gasteiger partial charge in [-0.1, -0.05) is 0 Å². The molecule has 0 radical (unpaired) electrons. The molecular weight excluding hydrogens is 228 g/mol. The van der Waals surface area contributed by atoms with Crippen LogP contribution in [0.5, 0.6) is 0 Å². The molecule has 5 nitrogen and oxygen atoms in total. The normalized spacial score (nSPS) is 20.7. The van der Waals surface area contributed by atoms with Gasteiger partial charge in [-0.05, 0) is 27.7 Å². The van der Waals surface area contributed by atoms with Gasteiger partial charge >= 0.3 is 0 Å². The van der Waals surface area contributed by atoms with E-state index in [2.05, 4.69) is 15.1 Å². The standard InChI is InChI=1S/C13H28N4O/c1-11(12(18)15-13(2,3)4)17-9-7-16(6-5-14)8-10-17/h11H,5-10,14H2,1-4H3,(H,15,18). The van der Waals surface area contributed by atoms with Gasteiger partial charge in [-0.3, -0.25) is 14.6 Å². The summed E-state index contributed by atoms with van der Waals surface area (Å²) in [5, 5.41) is 3.04. The summed E-state index contributed by atoms with van der Waals surface area (Å²) in [5.41, 5.74) is 5.39. The fraction of sp³-hybridized carbons (Fsp3) is 0.923. The van der Waals surface area contributed by atoms with Gasteiger partial charge in [0.1, 0.15) is 0 Å². The molecule has 1 amide bonds. The van der Waals surface area contributed by atoms with Crippen molar-refractivity contribution in [2.75, 3.05) is 39.3 Å². The minimum Gasteiger partial charge on any atom is -0.350 e. The number of carbonyl (C=O) groups excluding carboxylic acids is 1. The number of amides is 1. The average molecular weight is 256 g/mol. The number of hydrogen-bond donors (Lipinski definition) is 2. The van der Waals surface area contributed by atoms with Crippen LogP contribution in [0.15, 0.2) is 0 Å². The highest BCUT2D eigenvalue weighted by Crippen LogP contribution is 2.08. The van der Waals surface area contributed by atoms with Gasteiger partial charge in [-0.15, -0.1) is 0 Å². The zero-order valence-electron chi connectivity index (χ0n) is 12.2. The zero-order valence-corrected chi connectivity index (χ0v) is 12.2. The predicted octanol–water partition coefficient (Wildman–Crippen LogP) is -0.134. The van der Waals surface area contributed by atoms with E-state index >= 15 is 0 Å². The summed E-state index contributed by atoms with van der Waals surface area (Å²) in [6.45, 7) is 13.6. The molecule has 0 aromatic heterocycles. The summed E-state index contributed by atoms with van der Waals surface area (Å²) in [6.07, 6.45) is 0. The van der Waals surface area contributed by atoms with E-state index in [1.165, 1.54) is 0 Å². The SMILES string of the molecule is CC(C(=O)NC(C)(C)C)N1CCN(CCN)CC1. The third-order valence-electron chi connectivity index (χ3n) is 3.28. The van der Waals surface area contributed by atoms with Gasteiger partial charge in [0.05, 0.1) is 6.04 Å². The number of nitrogens with one attached hydrogen (secondary N) is 1. The van der Waals surface area contributed by atoms with E-state index < -0.39 is 0 Å². The lowest BCUT2D eigenvalue weighted by atomic mass is 10.1. The van der Waals surface area contributed by atoms with Crippen LogP contribution < -0.4 is 11.1 Å². The molecule has 1 aliphatic rings. The summed E-state index contributed by atoms with van der Waals surface area (Å²) >= 11 is 0. The Kier molecular flexibility index (Phi) is 5.56. The molecule has 0 aliphatic carbocycles. The Labute approximate surface area is 111 Å². The Bertz CT molecular complexity index is 267. The van der Waals surface area contributed by atoms with E-state index in [0.29, 0.717) is 6.54 Å². The topological polar surface area (TPSA) is 61.6 Å². The number of carbonyl (C=O) groups is 1. The van der Waals surface area contributed by atoms with Crippen molar-refractivity contribution < 1.29 is 4.79 Å². The van der Waals surface area contributed by atoms with Crippen molar-refractivity contribution in [1.82, 2.24) is 15.1 Å². The van der Waals surface area contributed by atoms with Gasteiger partial charge in [-0.25, -0.2) is 0 Å². The molecule has 1 atom stereocenters. The molecule has 1 fully saturated rings. The third kappa shape index (κ3) is 4.92. The molecule has 0 saturated carbocycles. The lowest BCUT2D eigenvalue weighted by Gasteiger charge is -2.38. The first-order chi connectivity index (χ1) is 8.33. The molecule has 5 heteroatoms. The van der Waals surface area contributed by atoms with Crippen LogP contribution in [0.3, 0.4) is 0 Å². The summed E-state index contributed by atoms with van der Waals surface area (Å²) in [7, 11) is 0. The Balaban J connectivity index is 2.40. The van der Waals surface area contributed by atoms with Crippen molar-refractivity contribution in [2.45, 2.75) is 39.3 Å². The van der Waals surface area contributed by atoms with E-state index in [9.17, 15) is 4.79 Å². The lowest BCUT2D eigenvalue weighted by molar-refractivity contribution is -0.128. The van der Waals surface area contributed by atoms with Gasteiger partial charge in [-0.2, -0.15) is 0 Å². The van der Waals surface area contributed by atoms with Crippen LogP contribution in [0, 0.1) is 0 Å². The van der Waals surface area contributed by atoms with Crippen LogP contribution in [-0.2, 0) is 4.79 Å². The highest BCUT2D eigenvalue weighted by molar-refractivity contribution is 5.81. The van der Waals surface area contributed by atoms with E-state index in [0.717, 1.165) is 32.7 Å². The van der Waals surface area contributed by atoms with Crippen LogP contribution in [0.1, 0.15) is 27.7 Å². The fourth-order valence-corrected chi connectivity index (χ4v) is 2.20. The smallest absolute Gasteiger partial charge is 0.237 e. The summed E-state index contributed by atoms with van der Waals surface area (Å²) in [6, 6.07) is -0.0516. The average Bonchev–Trinajstić information content (AvgIpc) is 2.27. The maximum atomic E-state index is 12.1. The second-order valence-electron chi connectivity index (χ2n) is 6.08. The summed E-state index contributed by atoms with van der Waals surface area (Å²) < 4.78 is 0. The van der Waals surface area contributed by atoms with E-state index in [4.69, 9.17) is 5.73 Å². The molecule has 1 unspecified atom stereocenters. The van der Waals surface area contributed by atoms with Crippen molar-refractivity contribution in [3.8, 4) is 0 Å². The number of rotatable bonds is 4. The van der Waals surface area contributed by atoms with E-state index in [-0.39, 0.29) is 17.5 Å².